The van der Waals surface area contributed by atoms with Gasteiger partial charge in [0.25, 0.3) is 5.91 Å². The van der Waals surface area contributed by atoms with Gasteiger partial charge in [0, 0.05) is 18.7 Å². The molecule has 1 amide bonds. The number of benzene rings is 2. The molecule has 154 valence electrons. The molecule has 9 heteroatoms. The first-order chi connectivity index (χ1) is 13.8. The molecule has 29 heavy (non-hydrogen) atoms. The highest BCUT2D eigenvalue weighted by atomic mass is 32.2. The van der Waals surface area contributed by atoms with Gasteiger partial charge in [-0.3, -0.25) is 9.10 Å². The van der Waals surface area contributed by atoms with E-state index in [-0.39, 0.29) is 12.1 Å². The Morgan fingerprint density at radius 3 is 2.66 bits per heavy atom. The Hall–Kier alpha value is -3.07. The van der Waals surface area contributed by atoms with Crippen LogP contribution in [0.2, 0.25) is 0 Å². The maximum Gasteiger partial charge on any atom is 0.338 e. The average Bonchev–Trinajstić information content (AvgIpc) is 3.14. The lowest BCUT2D eigenvalue weighted by Crippen LogP contribution is -2.28. The highest BCUT2D eigenvalue weighted by Gasteiger charge is 2.27. The fraction of sp³-hybridized carbons (Fsp3) is 0.300. The van der Waals surface area contributed by atoms with E-state index in [2.05, 4.69) is 5.32 Å². The van der Waals surface area contributed by atoms with Gasteiger partial charge in [0.2, 0.25) is 10.0 Å². The van der Waals surface area contributed by atoms with Crippen molar-refractivity contribution < 1.29 is 27.5 Å². The molecule has 3 rings (SSSR count). The first-order valence-electron chi connectivity index (χ1n) is 8.96. The van der Waals surface area contributed by atoms with Gasteiger partial charge in [-0.1, -0.05) is 18.2 Å². The molecule has 0 radical (unpaired) electrons. The number of nitrogens with one attached hydrogen (secondary N) is 1. The first kappa shape index (κ1) is 20.7. The number of sulfonamides is 1. The number of para-hydroxylation sites is 1. The number of carbonyl (C=O) groups is 2. The minimum Gasteiger partial charge on any atom is -0.496 e. The number of nitrogens with zero attached hydrogens (tertiary/aromatic N) is 1. The van der Waals surface area contributed by atoms with Crippen LogP contribution in [0.4, 0.5) is 5.69 Å². The number of hydrogen-bond acceptors (Lipinski definition) is 6. The van der Waals surface area contributed by atoms with E-state index in [9.17, 15) is 18.0 Å². The molecule has 2 aromatic rings. The number of anilines is 1. The number of rotatable bonds is 7. The number of fused-ring (bicyclic) bond motifs is 1. The minimum atomic E-state index is -3.35. The predicted octanol–water partition coefficient (Wildman–Crippen LogP) is 1.49. The molecule has 0 spiro atoms. The fourth-order valence-corrected chi connectivity index (χ4v) is 4.11. The molecule has 0 saturated carbocycles. The predicted molar refractivity (Wildman–Crippen MR) is 107 cm³/mol. The molecule has 8 nitrogen and oxygen atoms in total. The Labute approximate surface area is 169 Å². The van der Waals surface area contributed by atoms with Crippen molar-refractivity contribution in [2.75, 3.05) is 30.8 Å². The number of carbonyl (C=O) groups excluding carboxylic acids is 2. The van der Waals surface area contributed by atoms with Crippen molar-refractivity contribution in [1.82, 2.24) is 5.32 Å². The zero-order valence-electron chi connectivity index (χ0n) is 16.2. The SMILES string of the molecule is COc1ccccc1CNC(=O)COC(=O)c1ccc2c(c1)CCN2S(C)(=O)=O. The van der Waals surface area contributed by atoms with Crippen LogP contribution in [0.15, 0.2) is 42.5 Å². The molecule has 0 unspecified atom stereocenters. The third kappa shape index (κ3) is 4.86. The van der Waals surface area contributed by atoms with E-state index in [0.717, 1.165) is 17.4 Å². The summed E-state index contributed by atoms with van der Waals surface area (Å²) >= 11 is 0. The zero-order valence-corrected chi connectivity index (χ0v) is 17.0. The molecule has 2 aromatic carbocycles. The second kappa shape index (κ2) is 8.52. The zero-order chi connectivity index (χ0) is 21.0. The van der Waals surface area contributed by atoms with Gasteiger partial charge in [-0.15, -0.1) is 0 Å². The van der Waals surface area contributed by atoms with E-state index in [1.165, 1.54) is 10.4 Å². The summed E-state index contributed by atoms with van der Waals surface area (Å²) in [6.45, 7) is 0.180. The summed E-state index contributed by atoms with van der Waals surface area (Å²) in [6.07, 6.45) is 1.66. The lowest BCUT2D eigenvalue weighted by Gasteiger charge is -2.16. The van der Waals surface area contributed by atoms with Crippen LogP contribution >= 0.6 is 0 Å². The van der Waals surface area contributed by atoms with E-state index in [0.29, 0.717) is 24.4 Å². The lowest BCUT2D eigenvalue weighted by molar-refractivity contribution is -0.124. The molecule has 1 N–H and O–H groups in total. The summed E-state index contributed by atoms with van der Waals surface area (Å²) in [6, 6.07) is 12.0. The Kier molecular flexibility index (Phi) is 6.07. The molecule has 0 fully saturated rings. The van der Waals surface area contributed by atoms with Crippen molar-refractivity contribution in [3.63, 3.8) is 0 Å². The number of esters is 1. The number of amides is 1. The van der Waals surface area contributed by atoms with Gasteiger partial charge in [0.1, 0.15) is 5.75 Å². The van der Waals surface area contributed by atoms with E-state index < -0.39 is 28.5 Å². The summed E-state index contributed by atoms with van der Waals surface area (Å²) in [5, 5.41) is 2.68. The van der Waals surface area contributed by atoms with Crippen LogP contribution in [-0.2, 0) is 32.5 Å². The summed E-state index contributed by atoms with van der Waals surface area (Å²) in [4.78, 5) is 24.2. The van der Waals surface area contributed by atoms with Crippen molar-refractivity contribution in [3.8, 4) is 5.75 Å². The average molecular weight is 418 g/mol. The van der Waals surface area contributed by atoms with Crippen LogP contribution in [0.5, 0.6) is 5.75 Å². The maximum atomic E-state index is 12.2. The van der Waals surface area contributed by atoms with Crippen LogP contribution in [0.25, 0.3) is 0 Å². The Bertz CT molecular complexity index is 1040. The van der Waals surface area contributed by atoms with E-state index in [1.54, 1.807) is 25.3 Å². The highest BCUT2D eigenvalue weighted by molar-refractivity contribution is 7.92. The highest BCUT2D eigenvalue weighted by Crippen LogP contribution is 2.30. The summed E-state index contributed by atoms with van der Waals surface area (Å²) in [7, 11) is -1.80. The number of methoxy groups -OCH3 is 1. The van der Waals surface area contributed by atoms with E-state index >= 15 is 0 Å². The molecular formula is C20H22N2O6S. The Morgan fingerprint density at radius 2 is 1.93 bits per heavy atom. The van der Waals surface area contributed by atoms with Crippen LogP contribution < -0.4 is 14.4 Å². The van der Waals surface area contributed by atoms with Crippen LogP contribution in [-0.4, -0.2) is 46.8 Å². The molecule has 0 aromatic heterocycles. The number of hydrogen-bond donors (Lipinski definition) is 1. The van der Waals surface area contributed by atoms with Crippen molar-refractivity contribution in [2.24, 2.45) is 0 Å². The maximum absolute atomic E-state index is 12.2. The molecule has 0 atom stereocenters. The standard InChI is InChI=1S/C20H22N2O6S/c1-27-18-6-4-3-5-16(18)12-21-19(23)13-28-20(24)15-7-8-17-14(11-15)9-10-22(17)29(2,25)26/h3-8,11H,9-10,12-13H2,1-2H3,(H,21,23). The minimum absolute atomic E-state index is 0.251. The second-order valence-corrected chi connectivity index (χ2v) is 8.50. The summed E-state index contributed by atoms with van der Waals surface area (Å²) < 4.78 is 35.2. The lowest BCUT2D eigenvalue weighted by atomic mass is 10.1. The molecule has 0 aliphatic carbocycles. The normalized spacial score (nSPS) is 13.0. The van der Waals surface area contributed by atoms with Crippen LogP contribution in [0, 0.1) is 0 Å². The third-order valence-electron chi connectivity index (χ3n) is 4.57. The third-order valence-corrected chi connectivity index (χ3v) is 5.75. The topological polar surface area (TPSA) is 102 Å². The summed E-state index contributed by atoms with van der Waals surface area (Å²) in [5.41, 5.74) is 2.41. The van der Waals surface area contributed by atoms with Crippen LogP contribution in [0.1, 0.15) is 21.5 Å². The van der Waals surface area contributed by atoms with Crippen LogP contribution in [0.3, 0.4) is 0 Å². The van der Waals surface area contributed by atoms with Crippen molar-refractivity contribution in [3.05, 3.63) is 59.2 Å². The second-order valence-electron chi connectivity index (χ2n) is 6.59. The fourth-order valence-electron chi connectivity index (χ4n) is 3.15. The molecule has 0 bridgehead atoms. The van der Waals surface area contributed by atoms with Gasteiger partial charge in [-0.2, -0.15) is 0 Å². The molecule has 1 aliphatic rings. The quantitative estimate of drug-likeness (QED) is 0.684. The molecule has 0 saturated heterocycles. The Balaban J connectivity index is 1.55. The van der Waals surface area contributed by atoms with E-state index in [1.807, 2.05) is 18.2 Å². The first-order valence-corrected chi connectivity index (χ1v) is 10.8. The monoisotopic (exact) mass is 418 g/mol. The van der Waals surface area contributed by atoms with Gasteiger partial charge in [0.05, 0.1) is 24.6 Å². The van der Waals surface area contributed by atoms with E-state index in [4.69, 9.17) is 9.47 Å². The molecule has 1 aliphatic heterocycles. The van der Waals surface area contributed by atoms with Gasteiger partial charge >= 0.3 is 5.97 Å². The van der Waals surface area contributed by atoms with Gasteiger partial charge in [-0.25, -0.2) is 13.2 Å². The molecular weight excluding hydrogens is 396 g/mol. The van der Waals surface area contributed by atoms with Crippen molar-refractivity contribution in [1.29, 1.82) is 0 Å². The van der Waals surface area contributed by atoms with Crippen molar-refractivity contribution in [2.45, 2.75) is 13.0 Å². The molecule has 1 heterocycles. The smallest absolute Gasteiger partial charge is 0.338 e. The number of ether oxygens (including phenoxy) is 2. The summed E-state index contributed by atoms with van der Waals surface area (Å²) in [5.74, 6) is -0.419. The van der Waals surface area contributed by atoms with Gasteiger partial charge in [-0.05, 0) is 36.2 Å². The van der Waals surface area contributed by atoms with Gasteiger partial charge < -0.3 is 14.8 Å². The Morgan fingerprint density at radius 1 is 1.17 bits per heavy atom. The van der Waals surface area contributed by atoms with Crippen molar-refractivity contribution >= 4 is 27.6 Å². The van der Waals surface area contributed by atoms with Gasteiger partial charge in [0.15, 0.2) is 6.61 Å². The largest absolute Gasteiger partial charge is 0.496 e.